The summed E-state index contributed by atoms with van der Waals surface area (Å²) in [5.41, 5.74) is 0. The molecule has 1 unspecified atom stereocenters. The SMILES string of the molecule is N#CCCCCCC1CCCC(=O)C1. The maximum Gasteiger partial charge on any atom is 0.133 e. The third-order valence-corrected chi connectivity index (χ3v) is 2.99. The molecule has 1 fully saturated rings. The molecule has 0 heterocycles. The van der Waals surface area contributed by atoms with Crippen LogP contribution in [-0.2, 0) is 4.79 Å². The minimum atomic E-state index is 0.457. The van der Waals surface area contributed by atoms with Crippen LogP contribution < -0.4 is 0 Å². The van der Waals surface area contributed by atoms with E-state index >= 15 is 0 Å². The molecule has 1 atom stereocenters. The third kappa shape index (κ3) is 4.41. The van der Waals surface area contributed by atoms with E-state index in [0.29, 0.717) is 18.1 Å². The summed E-state index contributed by atoms with van der Waals surface area (Å²) >= 11 is 0. The molecule has 14 heavy (non-hydrogen) atoms. The Balaban J connectivity index is 2.01. The lowest BCUT2D eigenvalue weighted by Gasteiger charge is -2.20. The van der Waals surface area contributed by atoms with Gasteiger partial charge in [0.2, 0.25) is 0 Å². The molecule has 0 aromatic rings. The molecule has 0 aliphatic heterocycles. The first kappa shape index (κ1) is 11.2. The number of carbonyl (C=O) groups is 1. The van der Waals surface area contributed by atoms with E-state index in [2.05, 4.69) is 6.07 Å². The Morgan fingerprint density at radius 1 is 1.36 bits per heavy atom. The molecule has 0 spiro atoms. The van der Waals surface area contributed by atoms with Crippen molar-refractivity contribution in [3.05, 3.63) is 0 Å². The van der Waals surface area contributed by atoms with E-state index in [1.54, 1.807) is 0 Å². The lowest BCUT2D eigenvalue weighted by atomic mass is 9.85. The van der Waals surface area contributed by atoms with E-state index in [0.717, 1.165) is 32.1 Å². The van der Waals surface area contributed by atoms with Crippen LogP contribution in [0.15, 0.2) is 0 Å². The smallest absolute Gasteiger partial charge is 0.133 e. The Bertz CT molecular complexity index is 217. The first-order chi connectivity index (χ1) is 6.83. The minimum Gasteiger partial charge on any atom is -0.300 e. The normalized spacial score (nSPS) is 21.9. The van der Waals surface area contributed by atoms with Crippen molar-refractivity contribution in [3.8, 4) is 6.07 Å². The Hall–Kier alpha value is -0.840. The van der Waals surface area contributed by atoms with Crippen molar-refractivity contribution >= 4 is 5.78 Å². The highest BCUT2D eigenvalue weighted by atomic mass is 16.1. The Labute approximate surface area is 86.3 Å². The van der Waals surface area contributed by atoms with Gasteiger partial charge in [-0.15, -0.1) is 0 Å². The maximum absolute atomic E-state index is 11.2. The molecule has 0 N–H and O–H groups in total. The number of rotatable bonds is 5. The maximum atomic E-state index is 11.2. The predicted molar refractivity (Wildman–Crippen MR) is 55.7 cm³/mol. The van der Waals surface area contributed by atoms with Crippen LogP contribution in [-0.4, -0.2) is 5.78 Å². The van der Waals surface area contributed by atoms with Gasteiger partial charge in [-0.05, 0) is 25.2 Å². The van der Waals surface area contributed by atoms with Gasteiger partial charge in [0.25, 0.3) is 0 Å². The van der Waals surface area contributed by atoms with E-state index in [9.17, 15) is 4.79 Å². The van der Waals surface area contributed by atoms with E-state index in [1.165, 1.54) is 19.3 Å². The molecule has 2 heteroatoms. The topological polar surface area (TPSA) is 40.9 Å². The highest BCUT2D eigenvalue weighted by Crippen LogP contribution is 2.26. The Morgan fingerprint density at radius 2 is 2.21 bits per heavy atom. The van der Waals surface area contributed by atoms with E-state index in [1.807, 2.05) is 0 Å². The summed E-state index contributed by atoms with van der Waals surface area (Å²) in [6, 6.07) is 2.16. The molecular formula is C12H19NO. The van der Waals surface area contributed by atoms with Gasteiger partial charge in [0.15, 0.2) is 0 Å². The molecule has 1 aliphatic carbocycles. The number of nitriles is 1. The zero-order valence-electron chi connectivity index (χ0n) is 8.80. The first-order valence-electron chi connectivity index (χ1n) is 5.71. The van der Waals surface area contributed by atoms with Crippen molar-refractivity contribution in [3.63, 3.8) is 0 Å². The standard InChI is InChI=1S/C12H19NO/c13-9-4-2-1-3-6-11-7-5-8-12(14)10-11/h11H,1-8,10H2. The van der Waals surface area contributed by atoms with Crippen LogP contribution in [0.1, 0.15) is 57.8 Å². The fraction of sp³-hybridized carbons (Fsp3) is 0.833. The summed E-state index contributed by atoms with van der Waals surface area (Å²) in [5, 5.41) is 8.35. The number of ketones is 1. The van der Waals surface area contributed by atoms with Crippen LogP contribution in [0, 0.1) is 17.2 Å². The highest BCUT2D eigenvalue weighted by Gasteiger charge is 2.18. The second-order valence-corrected chi connectivity index (χ2v) is 4.26. The second kappa shape index (κ2) is 6.59. The molecule has 0 bridgehead atoms. The van der Waals surface area contributed by atoms with Gasteiger partial charge in [0.1, 0.15) is 5.78 Å². The summed E-state index contributed by atoms with van der Waals surface area (Å²) in [4.78, 5) is 11.2. The monoisotopic (exact) mass is 193 g/mol. The molecule has 1 rings (SSSR count). The number of Topliss-reactive ketones (excluding diaryl/α,β-unsaturated/α-hetero) is 1. The van der Waals surface area contributed by atoms with Crippen LogP contribution in [0.2, 0.25) is 0 Å². The van der Waals surface area contributed by atoms with Gasteiger partial charge in [-0.3, -0.25) is 4.79 Å². The Morgan fingerprint density at radius 3 is 2.93 bits per heavy atom. The van der Waals surface area contributed by atoms with Crippen LogP contribution in [0.3, 0.4) is 0 Å². The summed E-state index contributed by atoms with van der Waals surface area (Å²) in [6.45, 7) is 0. The van der Waals surface area contributed by atoms with Crippen LogP contribution in [0.25, 0.3) is 0 Å². The highest BCUT2D eigenvalue weighted by molar-refractivity contribution is 5.79. The molecule has 0 amide bonds. The van der Waals surface area contributed by atoms with Gasteiger partial charge < -0.3 is 0 Å². The number of carbonyl (C=O) groups excluding carboxylic acids is 1. The molecule has 0 radical (unpaired) electrons. The quantitative estimate of drug-likeness (QED) is 0.629. The van der Waals surface area contributed by atoms with E-state index in [4.69, 9.17) is 5.26 Å². The molecule has 1 saturated carbocycles. The fourth-order valence-electron chi connectivity index (χ4n) is 2.17. The zero-order chi connectivity index (χ0) is 10.2. The molecule has 2 nitrogen and oxygen atoms in total. The molecule has 1 aliphatic rings. The number of nitrogens with zero attached hydrogens (tertiary/aromatic N) is 1. The van der Waals surface area contributed by atoms with Gasteiger partial charge in [0, 0.05) is 19.3 Å². The summed E-state index contributed by atoms with van der Waals surface area (Å²) in [6.07, 6.45) is 9.21. The van der Waals surface area contributed by atoms with E-state index < -0.39 is 0 Å². The van der Waals surface area contributed by atoms with Crippen molar-refractivity contribution in [2.24, 2.45) is 5.92 Å². The van der Waals surface area contributed by atoms with Crippen molar-refractivity contribution in [1.29, 1.82) is 5.26 Å². The zero-order valence-corrected chi connectivity index (χ0v) is 8.80. The summed E-state index contributed by atoms with van der Waals surface area (Å²) < 4.78 is 0. The van der Waals surface area contributed by atoms with Crippen molar-refractivity contribution in [2.75, 3.05) is 0 Å². The molecular weight excluding hydrogens is 174 g/mol. The van der Waals surface area contributed by atoms with Gasteiger partial charge >= 0.3 is 0 Å². The number of hydrogen-bond acceptors (Lipinski definition) is 2. The number of hydrogen-bond donors (Lipinski definition) is 0. The average Bonchev–Trinajstić information content (AvgIpc) is 2.18. The molecule has 0 aromatic heterocycles. The molecule has 0 saturated heterocycles. The minimum absolute atomic E-state index is 0.457. The van der Waals surface area contributed by atoms with Crippen LogP contribution in [0.4, 0.5) is 0 Å². The fourth-order valence-corrected chi connectivity index (χ4v) is 2.17. The average molecular weight is 193 g/mol. The number of unbranched alkanes of at least 4 members (excludes halogenated alkanes) is 3. The van der Waals surface area contributed by atoms with E-state index in [-0.39, 0.29) is 0 Å². The van der Waals surface area contributed by atoms with Crippen molar-refractivity contribution in [1.82, 2.24) is 0 Å². The van der Waals surface area contributed by atoms with Gasteiger partial charge in [-0.25, -0.2) is 0 Å². The van der Waals surface area contributed by atoms with Crippen molar-refractivity contribution < 1.29 is 4.79 Å². The molecule has 78 valence electrons. The second-order valence-electron chi connectivity index (χ2n) is 4.26. The Kier molecular flexibility index (Phi) is 5.29. The summed E-state index contributed by atoms with van der Waals surface area (Å²) in [5.74, 6) is 1.11. The first-order valence-corrected chi connectivity index (χ1v) is 5.71. The van der Waals surface area contributed by atoms with Crippen molar-refractivity contribution in [2.45, 2.75) is 57.8 Å². The van der Waals surface area contributed by atoms with Gasteiger partial charge in [-0.2, -0.15) is 5.26 Å². The lowest BCUT2D eigenvalue weighted by molar-refractivity contribution is -0.121. The third-order valence-electron chi connectivity index (χ3n) is 2.99. The van der Waals surface area contributed by atoms with Crippen LogP contribution >= 0.6 is 0 Å². The predicted octanol–water partition coefficient (Wildman–Crippen LogP) is 3.22. The van der Waals surface area contributed by atoms with Gasteiger partial charge in [-0.1, -0.05) is 19.3 Å². The largest absolute Gasteiger partial charge is 0.300 e. The lowest BCUT2D eigenvalue weighted by Crippen LogP contribution is -2.14. The van der Waals surface area contributed by atoms with Crippen LogP contribution in [0.5, 0.6) is 0 Å². The molecule has 0 aromatic carbocycles. The summed E-state index contributed by atoms with van der Waals surface area (Å²) in [7, 11) is 0. The van der Waals surface area contributed by atoms with Gasteiger partial charge in [0.05, 0.1) is 6.07 Å².